The number of aromatic hydroxyl groups is 1. The van der Waals surface area contributed by atoms with Crippen molar-refractivity contribution in [1.29, 1.82) is 0 Å². The van der Waals surface area contributed by atoms with Crippen LogP contribution in [0.25, 0.3) is 5.57 Å². The highest BCUT2D eigenvalue weighted by molar-refractivity contribution is 5.80. The van der Waals surface area contributed by atoms with E-state index >= 15 is 0 Å². The standard InChI is InChI=1S/C23H26O3/c1-16-14-21(26-20-7-3-4-8-20)10-11-22(16)17(2)18-9-12-23(25)19(15-18)6-5-13-24/h9-15,20,25H,2-8H2,1H3. The zero-order valence-electron chi connectivity index (χ0n) is 15.3. The van der Waals surface area contributed by atoms with Crippen LogP contribution in [-0.2, 0) is 11.2 Å². The molecule has 0 atom stereocenters. The molecule has 136 valence electrons. The van der Waals surface area contributed by atoms with Crippen molar-refractivity contribution < 1.29 is 14.6 Å². The normalized spacial score (nSPS) is 14.3. The van der Waals surface area contributed by atoms with Crippen molar-refractivity contribution in [2.45, 2.75) is 51.6 Å². The Hall–Kier alpha value is -2.55. The lowest BCUT2D eigenvalue weighted by Crippen LogP contribution is -2.10. The van der Waals surface area contributed by atoms with E-state index in [4.69, 9.17) is 4.74 Å². The maximum absolute atomic E-state index is 10.6. The predicted octanol–water partition coefficient (Wildman–Crippen LogP) is 5.22. The molecular formula is C23H26O3. The maximum atomic E-state index is 10.6. The van der Waals surface area contributed by atoms with Crippen LogP contribution in [0.15, 0.2) is 43.0 Å². The molecule has 1 fully saturated rings. The zero-order valence-corrected chi connectivity index (χ0v) is 15.3. The van der Waals surface area contributed by atoms with Gasteiger partial charge in [-0.1, -0.05) is 18.7 Å². The number of phenolic OH excluding ortho intramolecular Hbond substituents is 1. The van der Waals surface area contributed by atoms with Crippen LogP contribution >= 0.6 is 0 Å². The van der Waals surface area contributed by atoms with Crippen LogP contribution in [0.2, 0.25) is 0 Å². The van der Waals surface area contributed by atoms with Crippen LogP contribution in [0.1, 0.15) is 54.4 Å². The van der Waals surface area contributed by atoms with Gasteiger partial charge in [0.15, 0.2) is 0 Å². The fourth-order valence-electron chi connectivity index (χ4n) is 3.59. The third kappa shape index (κ3) is 4.16. The van der Waals surface area contributed by atoms with Gasteiger partial charge >= 0.3 is 0 Å². The van der Waals surface area contributed by atoms with Crippen molar-refractivity contribution >= 4 is 11.9 Å². The summed E-state index contributed by atoms with van der Waals surface area (Å²) >= 11 is 0. The molecule has 1 saturated carbocycles. The highest BCUT2D eigenvalue weighted by Crippen LogP contribution is 2.31. The molecule has 0 unspecified atom stereocenters. The second-order valence-corrected chi connectivity index (χ2v) is 7.03. The summed E-state index contributed by atoms with van der Waals surface area (Å²) in [5.41, 5.74) is 4.82. The molecule has 0 spiro atoms. The average Bonchev–Trinajstić information content (AvgIpc) is 3.13. The minimum absolute atomic E-state index is 0.223. The number of hydrogen-bond acceptors (Lipinski definition) is 3. The van der Waals surface area contributed by atoms with Crippen molar-refractivity contribution in [2.75, 3.05) is 0 Å². The van der Waals surface area contributed by atoms with E-state index in [1.54, 1.807) is 6.07 Å². The SMILES string of the molecule is C=C(c1ccc(O)c(CCC=O)c1)c1ccc(OC2CCCC2)cc1C. The van der Waals surface area contributed by atoms with Gasteiger partial charge in [-0.05, 0) is 91.1 Å². The van der Waals surface area contributed by atoms with Gasteiger partial charge in [-0.3, -0.25) is 0 Å². The molecule has 0 bridgehead atoms. The first-order valence-electron chi connectivity index (χ1n) is 9.31. The van der Waals surface area contributed by atoms with Crippen molar-refractivity contribution in [3.63, 3.8) is 0 Å². The van der Waals surface area contributed by atoms with Crippen LogP contribution in [0.3, 0.4) is 0 Å². The van der Waals surface area contributed by atoms with E-state index in [1.807, 2.05) is 18.2 Å². The summed E-state index contributed by atoms with van der Waals surface area (Å²) in [4.78, 5) is 10.6. The molecule has 0 amide bonds. The first kappa shape index (κ1) is 18.2. The molecule has 0 aliphatic heterocycles. The van der Waals surface area contributed by atoms with Gasteiger partial charge in [0.25, 0.3) is 0 Å². The van der Waals surface area contributed by atoms with Gasteiger partial charge in [-0.15, -0.1) is 0 Å². The molecule has 3 heteroatoms. The minimum Gasteiger partial charge on any atom is -0.508 e. The Morgan fingerprint density at radius 3 is 2.69 bits per heavy atom. The molecule has 2 aromatic carbocycles. The number of aryl methyl sites for hydroxylation is 2. The number of carbonyl (C=O) groups is 1. The molecule has 1 aliphatic rings. The maximum Gasteiger partial charge on any atom is 0.120 e. The summed E-state index contributed by atoms with van der Waals surface area (Å²) in [6, 6.07) is 11.6. The molecule has 0 heterocycles. The monoisotopic (exact) mass is 350 g/mol. The van der Waals surface area contributed by atoms with Gasteiger partial charge in [-0.2, -0.15) is 0 Å². The predicted molar refractivity (Wildman–Crippen MR) is 105 cm³/mol. The van der Waals surface area contributed by atoms with Gasteiger partial charge in [0.05, 0.1) is 6.10 Å². The van der Waals surface area contributed by atoms with Crippen molar-refractivity contribution in [3.05, 3.63) is 65.2 Å². The lowest BCUT2D eigenvalue weighted by molar-refractivity contribution is -0.107. The summed E-state index contributed by atoms with van der Waals surface area (Å²) in [7, 11) is 0. The number of rotatable bonds is 7. The smallest absolute Gasteiger partial charge is 0.120 e. The Morgan fingerprint density at radius 2 is 2.00 bits per heavy atom. The van der Waals surface area contributed by atoms with Crippen LogP contribution < -0.4 is 4.74 Å². The first-order valence-corrected chi connectivity index (χ1v) is 9.31. The quantitative estimate of drug-likeness (QED) is 0.697. The minimum atomic E-state index is 0.223. The van der Waals surface area contributed by atoms with Gasteiger partial charge < -0.3 is 14.6 Å². The molecule has 0 aromatic heterocycles. The summed E-state index contributed by atoms with van der Waals surface area (Å²) in [6.45, 7) is 6.31. The lowest BCUT2D eigenvalue weighted by Gasteiger charge is -2.16. The number of hydrogen-bond donors (Lipinski definition) is 1. The average molecular weight is 350 g/mol. The fourth-order valence-corrected chi connectivity index (χ4v) is 3.59. The molecule has 26 heavy (non-hydrogen) atoms. The van der Waals surface area contributed by atoms with E-state index in [0.717, 1.165) is 52.7 Å². The first-order chi connectivity index (χ1) is 12.6. The van der Waals surface area contributed by atoms with Crippen LogP contribution in [0.4, 0.5) is 0 Å². The molecule has 1 aliphatic carbocycles. The Balaban J connectivity index is 1.79. The largest absolute Gasteiger partial charge is 0.508 e. The third-order valence-corrected chi connectivity index (χ3v) is 5.09. The summed E-state index contributed by atoms with van der Waals surface area (Å²) < 4.78 is 6.08. The lowest BCUT2D eigenvalue weighted by atomic mass is 9.93. The topological polar surface area (TPSA) is 46.5 Å². The summed E-state index contributed by atoms with van der Waals surface area (Å²) in [5, 5.41) is 9.98. The highest BCUT2D eigenvalue weighted by Gasteiger charge is 2.17. The van der Waals surface area contributed by atoms with Crippen LogP contribution in [0, 0.1) is 6.92 Å². The second kappa shape index (κ2) is 8.22. The van der Waals surface area contributed by atoms with E-state index in [-0.39, 0.29) is 5.75 Å². The third-order valence-electron chi connectivity index (χ3n) is 5.09. The summed E-state index contributed by atoms with van der Waals surface area (Å²) in [6.07, 6.45) is 6.95. The van der Waals surface area contributed by atoms with Crippen LogP contribution in [-0.4, -0.2) is 17.5 Å². The molecule has 0 saturated heterocycles. The van der Waals surface area contributed by atoms with E-state index < -0.39 is 0 Å². The fraction of sp³-hybridized carbons (Fsp3) is 0.348. The van der Waals surface area contributed by atoms with Crippen LogP contribution in [0.5, 0.6) is 11.5 Å². The molecule has 0 radical (unpaired) electrons. The number of aldehydes is 1. The van der Waals surface area contributed by atoms with Gasteiger partial charge in [-0.25, -0.2) is 0 Å². The zero-order chi connectivity index (χ0) is 18.5. The van der Waals surface area contributed by atoms with Gasteiger partial charge in [0, 0.05) is 6.42 Å². The van der Waals surface area contributed by atoms with Gasteiger partial charge in [0.2, 0.25) is 0 Å². The van der Waals surface area contributed by atoms with E-state index in [9.17, 15) is 9.90 Å². The number of carbonyl (C=O) groups excluding carboxylic acids is 1. The van der Waals surface area contributed by atoms with Crippen molar-refractivity contribution in [2.24, 2.45) is 0 Å². The van der Waals surface area contributed by atoms with E-state index in [2.05, 4.69) is 25.6 Å². The molecule has 1 N–H and O–H groups in total. The van der Waals surface area contributed by atoms with Crippen molar-refractivity contribution in [1.82, 2.24) is 0 Å². The van der Waals surface area contributed by atoms with Crippen molar-refractivity contribution in [3.8, 4) is 11.5 Å². The Labute approximate surface area is 155 Å². The number of benzene rings is 2. The molecular weight excluding hydrogens is 324 g/mol. The second-order valence-electron chi connectivity index (χ2n) is 7.03. The molecule has 3 nitrogen and oxygen atoms in total. The molecule has 3 rings (SSSR count). The highest BCUT2D eigenvalue weighted by atomic mass is 16.5. The Morgan fingerprint density at radius 1 is 1.23 bits per heavy atom. The molecule has 2 aromatic rings. The van der Waals surface area contributed by atoms with Gasteiger partial charge in [0.1, 0.15) is 17.8 Å². The Kier molecular flexibility index (Phi) is 5.77. The number of ether oxygens (including phenoxy) is 1. The van der Waals surface area contributed by atoms with E-state index in [0.29, 0.717) is 18.9 Å². The summed E-state index contributed by atoms with van der Waals surface area (Å²) in [5.74, 6) is 1.14. The Bertz CT molecular complexity index is 801. The van der Waals surface area contributed by atoms with E-state index in [1.165, 1.54) is 12.8 Å². The number of phenols is 1.